The first kappa shape index (κ1) is 23.2. The Morgan fingerprint density at radius 1 is 1.20 bits per heavy atom. The van der Waals surface area contributed by atoms with Crippen molar-refractivity contribution in [3.8, 4) is 5.69 Å². The van der Waals surface area contributed by atoms with Crippen LogP contribution in [-0.4, -0.2) is 31.0 Å². The van der Waals surface area contributed by atoms with Gasteiger partial charge in [-0.3, -0.25) is 14.2 Å². The summed E-state index contributed by atoms with van der Waals surface area (Å²) >= 11 is 1.33. The number of alkyl halides is 3. The Morgan fingerprint density at radius 3 is 2.71 bits per heavy atom. The number of carbonyl (C=O) groups excluding carboxylic acids is 1. The molecule has 1 atom stereocenters. The van der Waals surface area contributed by atoms with Gasteiger partial charge in [0.1, 0.15) is 5.39 Å². The van der Waals surface area contributed by atoms with E-state index in [1.807, 2.05) is 32.0 Å². The first-order chi connectivity index (χ1) is 16.6. The first-order valence-corrected chi connectivity index (χ1v) is 11.8. The van der Waals surface area contributed by atoms with Crippen molar-refractivity contribution in [1.82, 2.24) is 19.3 Å². The average Bonchev–Trinajstić information content (AvgIpc) is 3.38. The van der Waals surface area contributed by atoms with Crippen molar-refractivity contribution in [3.63, 3.8) is 0 Å². The summed E-state index contributed by atoms with van der Waals surface area (Å²) in [5.41, 5.74) is 1.75. The van der Waals surface area contributed by atoms with Gasteiger partial charge in [0.15, 0.2) is 10.8 Å². The van der Waals surface area contributed by atoms with E-state index in [2.05, 4.69) is 15.4 Å². The molecule has 2 aromatic heterocycles. The maximum absolute atomic E-state index is 13.3. The molecule has 11 heteroatoms. The molecule has 1 N–H and O–H groups in total. The lowest BCUT2D eigenvalue weighted by Crippen LogP contribution is -2.28. The fraction of sp³-hybridized carbons (Fsp3) is 0.250. The molecule has 0 saturated heterocycles. The summed E-state index contributed by atoms with van der Waals surface area (Å²) in [5, 5.41) is 7.48. The van der Waals surface area contributed by atoms with Crippen molar-refractivity contribution in [2.24, 2.45) is 0 Å². The van der Waals surface area contributed by atoms with Gasteiger partial charge >= 0.3 is 6.18 Å². The van der Waals surface area contributed by atoms with Crippen molar-refractivity contribution in [2.75, 3.05) is 11.1 Å². The Labute approximate surface area is 202 Å². The second-order valence-electron chi connectivity index (χ2n) is 8.41. The van der Waals surface area contributed by atoms with Gasteiger partial charge in [-0.1, -0.05) is 41.6 Å². The van der Waals surface area contributed by atoms with E-state index in [4.69, 9.17) is 0 Å². The SMILES string of the molecule is Cc1ccc(-n2ncc3c(=O)n4c(nc32)SCC4CC(=O)Nc2ccccc2C(F)(F)F)c(C)c1. The minimum Gasteiger partial charge on any atom is -0.325 e. The summed E-state index contributed by atoms with van der Waals surface area (Å²) in [7, 11) is 0. The van der Waals surface area contributed by atoms with Gasteiger partial charge in [0.25, 0.3) is 5.56 Å². The van der Waals surface area contributed by atoms with Crippen LogP contribution in [0, 0.1) is 13.8 Å². The van der Waals surface area contributed by atoms with Crippen LogP contribution in [-0.2, 0) is 11.0 Å². The van der Waals surface area contributed by atoms with Crippen molar-refractivity contribution in [1.29, 1.82) is 0 Å². The number of benzene rings is 2. The van der Waals surface area contributed by atoms with Crippen LogP contribution < -0.4 is 10.9 Å². The molecular weight excluding hydrogens is 479 g/mol. The zero-order valence-electron chi connectivity index (χ0n) is 18.8. The van der Waals surface area contributed by atoms with E-state index in [0.717, 1.165) is 22.9 Å². The number of nitrogens with zero attached hydrogens (tertiary/aromatic N) is 4. The minimum absolute atomic E-state index is 0.162. The Balaban J connectivity index is 1.44. The molecule has 0 saturated carbocycles. The molecule has 0 radical (unpaired) electrons. The Bertz CT molecular complexity index is 1530. The third kappa shape index (κ3) is 4.20. The fourth-order valence-electron chi connectivity index (χ4n) is 4.25. The summed E-state index contributed by atoms with van der Waals surface area (Å²) < 4.78 is 42.8. The maximum atomic E-state index is 13.3. The van der Waals surface area contributed by atoms with Crippen LogP contribution in [0.4, 0.5) is 18.9 Å². The van der Waals surface area contributed by atoms with Gasteiger partial charge < -0.3 is 5.32 Å². The highest BCUT2D eigenvalue weighted by Crippen LogP contribution is 2.36. The van der Waals surface area contributed by atoms with E-state index in [-0.39, 0.29) is 17.7 Å². The van der Waals surface area contributed by atoms with Gasteiger partial charge in [-0.2, -0.15) is 18.3 Å². The quantitative estimate of drug-likeness (QED) is 0.404. The highest BCUT2D eigenvalue weighted by atomic mass is 32.2. The number of para-hydroxylation sites is 1. The Morgan fingerprint density at radius 2 is 1.97 bits per heavy atom. The van der Waals surface area contributed by atoms with E-state index in [1.54, 1.807) is 4.68 Å². The number of nitrogens with one attached hydrogen (secondary N) is 1. The standard InChI is InChI=1S/C24H20F3N5O2S/c1-13-7-8-19(14(2)9-13)32-21-16(11-28-32)22(34)31-15(12-35-23(31)30-21)10-20(33)29-18-6-4-3-5-17(18)24(25,26)27/h3-9,11,15H,10,12H2,1-2H3,(H,29,33). The average molecular weight is 500 g/mol. The zero-order valence-corrected chi connectivity index (χ0v) is 19.6. The number of aryl methyl sites for hydroxylation is 2. The minimum atomic E-state index is -4.60. The number of hydrogen-bond acceptors (Lipinski definition) is 5. The van der Waals surface area contributed by atoms with Crippen molar-refractivity contribution < 1.29 is 18.0 Å². The number of amides is 1. The molecule has 5 rings (SSSR count). The highest BCUT2D eigenvalue weighted by molar-refractivity contribution is 7.99. The molecule has 0 spiro atoms. The van der Waals surface area contributed by atoms with E-state index < -0.39 is 23.7 Å². The van der Waals surface area contributed by atoms with Gasteiger partial charge in [0, 0.05) is 12.2 Å². The second kappa shape index (κ2) is 8.56. The van der Waals surface area contributed by atoms with Crippen LogP contribution in [0.2, 0.25) is 0 Å². The number of thioether (sulfide) groups is 1. The number of anilines is 1. The summed E-state index contributed by atoms with van der Waals surface area (Å²) in [6.45, 7) is 3.94. The lowest BCUT2D eigenvalue weighted by Gasteiger charge is -2.16. The molecule has 1 amide bonds. The van der Waals surface area contributed by atoms with Gasteiger partial charge in [0.2, 0.25) is 5.91 Å². The van der Waals surface area contributed by atoms with Crippen molar-refractivity contribution in [3.05, 3.63) is 75.7 Å². The number of aromatic nitrogens is 4. The number of fused-ring (bicyclic) bond motifs is 2. The number of hydrogen-bond donors (Lipinski definition) is 1. The molecule has 0 bridgehead atoms. The third-order valence-electron chi connectivity index (χ3n) is 5.88. The molecule has 1 unspecified atom stereocenters. The van der Waals surface area contributed by atoms with Crippen molar-refractivity contribution >= 4 is 34.4 Å². The van der Waals surface area contributed by atoms with Crippen LogP contribution in [0.25, 0.3) is 16.7 Å². The Kier molecular flexibility index (Phi) is 5.66. The third-order valence-corrected chi connectivity index (χ3v) is 6.98. The molecule has 4 aromatic rings. The zero-order chi connectivity index (χ0) is 24.9. The van der Waals surface area contributed by atoms with Crippen LogP contribution in [0.5, 0.6) is 0 Å². The number of carbonyl (C=O) groups is 1. The van der Waals surface area contributed by atoms with Crippen LogP contribution in [0.3, 0.4) is 0 Å². The van der Waals surface area contributed by atoms with Gasteiger partial charge in [-0.05, 0) is 37.6 Å². The number of rotatable bonds is 4. The van der Waals surface area contributed by atoms with E-state index in [0.29, 0.717) is 21.9 Å². The Hall–Kier alpha value is -3.60. The lowest BCUT2D eigenvalue weighted by atomic mass is 10.1. The molecule has 3 heterocycles. The highest BCUT2D eigenvalue weighted by Gasteiger charge is 2.34. The number of halogens is 3. The van der Waals surface area contributed by atoms with Gasteiger partial charge in [-0.25, -0.2) is 9.67 Å². The summed E-state index contributed by atoms with van der Waals surface area (Å²) in [5.74, 6) is -0.210. The normalized spacial score (nSPS) is 15.4. The van der Waals surface area contributed by atoms with E-state index in [1.165, 1.54) is 40.7 Å². The maximum Gasteiger partial charge on any atom is 0.418 e. The van der Waals surface area contributed by atoms with Crippen LogP contribution in [0.15, 0.2) is 58.6 Å². The summed E-state index contributed by atoms with van der Waals surface area (Å²) in [6, 6.07) is 10.1. The smallest absolute Gasteiger partial charge is 0.325 e. The van der Waals surface area contributed by atoms with Crippen LogP contribution >= 0.6 is 11.8 Å². The van der Waals surface area contributed by atoms with Crippen LogP contribution in [0.1, 0.15) is 29.2 Å². The summed E-state index contributed by atoms with van der Waals surface area (Å²) in [4.78, 5) is 30.6. The fourth-order valence-corrected chi connectivity index (χ4v) is 5.39. The molecule has 2 aromatic carbocycles. The molecular formula is C24H20F3N5O2S. The predicted octanol–water partition coefficient (Wildman–Crippen LogP) is 4.89. The topological polar surface area (TPSA) is 81.8 Å². The largest absolute Gasteiger partial charge is 0.418 e. The monoisotopic (exact) mass is 499 g/mol. The van der Waals surface area contributed by atoms with E-state index in [9.17, 15) is 22.8 Å². The summed E-state index contributed by atoms with van der Waals surface area (Å²) in [6.07, 6.45) is -3.30. The van der Waals surface area contributed by atoms with E-state index >= 15 is 0 Å². The second-order valence-corrected chi connectivity index (χ2v) is 9.40. The molecule has 0 aliphatic carbocycles. The van der Waals surface area contributed by atoms with Gasteiger partial charge in [0.05, 0.1) is 29.2 Å². The molecule has 1 aliphatic heterocycles. The first-order valence-electron chi connectivity index (χ1n) is 10.8. The van der Waals surface area contributed by atoms with Crippen molar-refractivity contribution in [2.45, 2.75) is 37.6 Å². The van der Waals surface area contributed by atoms with Gasteiger partial charge in [-0.15, -0.1) is 0 Å². The molecule has 1 aliphatic rings. The molecule has 180 valence electrons. The molecule has 7 nitrogen and oxygen atoms in total. The lowest BCUT2D eigenvalue weighted by molar-refractivity contribution is -0.137. The molecule has 0 fully saturated rings. The predicted molar refractivity (Wildman–Crippen MR) is 127 cm³/mol. The molecule has 35 heavy (non-hydrogen) atoms.